The molecule has 0 rings (SSSR count). The van der Waals surface area contributed by atoms with E-state index < -0.39 is 12.1 Å². The van der Waals surface area contributed by atoms with E-state index in [9.17, 15) is 4.79 Å². The molecule has 0 amide bonds. The van der Waals surface area contributed by atoms with E-state index in [4.69, 9.17) is 10.2 Å². The molecule has 0 aromatic heterocycles. The van der Waals surface area contributed by atoms with Gasteiger partial charge in [0.2, 0.25) is 0 Å². The molecule has 3 heteroatoms. The van der Waals surface area contributed by atoms with Gasteiger partial charge in [-0.3, -0.25) is 0 Å². The van der Waals surface area contributed by atoms with Crippen LogP contribution in [0.1, 0.15) is 33.1 Å². The standard InChI is InChI=1S/C8H16O3/c1-3-4-5-6(2)7(9)8(10)11/h6-7,9H,3-5H2,1-2H3,(H,10,11)/t6-,7-/m0/s1. The minimum atomic E-state index is -1.19. The van der Waals surface area contributed by atoms with Crippen molar-refractivity contribution in [1.82, 2.24) is 0 Å². The minimum absolute atomic E-state index is 0.132. The molecule has 0 aromatic carbocycles. The van der Waals surface area contributed by atoms with E-state index in [-0.39, 0.29) is 5.92 Å². The smallest absolute Gasteiger partial charge is 0.332 e. The SMILES string of the molecule is CCCC[C@H](C)[C@H](O)C(=O)O. The molecule has 0 heterocycles. The van der Waals surface area contributed by atoms with Gasteiger partial charge in [-0.15, -0.1) is 0 Å². The first kappa shape index (κ1) is 10.4. The van der Waals surface area contributed by atoms with Crippen molar-refractivity contribution < 1.29 is 15.0 Å². The molecule has 0 fully saturated rings. The Morgan fingerprint density at radius 1 is 1.55 bits per heavy atom. The molecule has 2 N–H and O–H groups in total. The number of unbranched alkanes of at least 4 members (excludes halogenated alkanes) is 1. The Morgan fingerprint density at radius 2 is 2.09 bits per heavy atom. The summed E-state index contributed by atoms with van der Waals surface area (Å²) in [7, 11) is 0. The van der Waals surface area contributed by atoms with Crippen LogP contribution in [0.2, 0.25) is 0 Å². The summed E-state index contributed by atoms with van der Waals surface area (Å²) < 4.78 is 0. The van der Waals surface area contributed by atoms with Gasteiger partial charge in [-0.1, -0.05) is 26.7 Å². The van der Waals surface area contributed by atoms with Crippen molar-refractivity contribution in [2.24, 2.45) is 5.92 Å². The van der Waals surface area contributed by atoms with Crippen LogP contribution in [0, 0.1) is 5.92 Å². The molecule has 11 heavy (non-hydrogen) atoms. The molecule has 0 aromatic rings. The fourth-order valence-corrected chi connectivity index (χ4v) is 0.927. The third-order valence-corrected chi connectivity index (χ3v) is 1.81. The van der Waals surface area contributed by atoms with Crippen LogP contribution in [0.25, 0.3) is 0 Å². The zero-order chi connectivity index (χ0) is 8.85. The molecule has 0 radical (unpaired) electrons. The molecule has 0 saturated carbocycles. The Bertz CT molecular complexity index is 123. The first-order valence-corrected chi connectivity index (χ1v) is 4.00. The van der Waals surface area contributed by atoms with E-state index in [1.54, 1.807) is 6.92 Å². The lowest BCUT2D eigenvalue weighted by atomic mass is 9.98. The van der Waals surface area contributed by atoms with Gasteiger partial charge in [-0.05, 0) is 12.3 Å². The average molecular weight is 160 g/mol. The summed E-state index contributed by atoms with van der Waals surface area (Å²) in [5.41, 5.74) is 0. The number of aliphatic hydroxyl groups is 1. The van der Waals surface area contributed by atoms with Gasteiger partial charge in [0.25, 0.3) is 0 Å². The van der Waals surface area contributed by atoms with Crippen LogP contribution >= 0.6 is 0 Å². The highest BCUT2D eigenvalue weighted by Gasteiger charge is 2.20. The summed E-state index contributed by atoms with van der Waals surface area (Å²) >= 11 is 0. The fraction of sp³-hybridized carbons (Fsp3) is 0.875. The molecule has 0 spiro atoms. The maximum Gasteiger partial charge on any atom is 0.332 e. The summed E-state index contributed by atoms with van der Waals surface area (Å²) in [6, 6.07) is 0. The third-order valence-electron chi connectivity index (χ3n) is 1.81. The van der Waals surface area contributed by atoms with Crippen molar-refractivity contribution in [3.63, 3.8) is 0 Å². The lowest BCUT2D eigenvalue weighted by Gasteiger charge is -2.13. The van der Waals surface area contributed by atoms with Gasteiger partial charge in [-0.25, -0.2) is 4.79 Å². The van der Waals surface area contributed by atoms with Crippen molar-refractivity contribution in [3.8, 4) is 0 Å². The maximum atomic E-state index is 10.3. The van der Waals surface area contributed by atoms with Crippen LogP contribution in [-0.4, -0.2) is 22.3 Å². The van der Waals surface area contributed by atoms with Crippen LogP contribution in [0.15, 0.2) is 0 Å². The Morgan fingerprint density at radius 3 is 2.45 bits per heavy atom. The molecular weight excluding hydrogens is 144 g/mol. The fourth-order valence-electron chi connectivity index (χ4n) is 0.927. The second kappa shape index (κ2) is 5.13. The van der Waals surface area contributed by atoms with Crippen molar-refractivity contribution in [1.29, 1.82) is 0 Å². The Kier molecular flexibility index (Phi) is 4.86. The van der Waals surface area contributed by atoms with E-state index in [0.717, 1.165) is 19.3 Å². The Hall–Kier alpha value is -0.570. The number of aliphatic hydroxyl groups excluding tert-OH is 1. The predicted octanol–water partition coefficient (Wildman–Crippen LogP) is 1.26. The molecule has 0 aliphatic carbocycles. The summed E-state index contributed by atoms with van der Waals surface area (Å²) in [5.74, 6) is -1.25. The largest absolute Gasteiger partial charge is 0.479 e. The van der Waals surface area contributed by atoms with Gasteiger partial charge in [-0.2, -0.15) is 0 Å². The summed E-state index contributed by atoms with van der Waals surface area (Å²) in [4.78, 5) is 10.3. The van der Waals surface area contributed by atoms with Crippen LogP contribution in [0.4, 0.5) is 0 Å². The second-order valence-corrected chi connectivity index (χ2v) is 2.90. The highest BCUT2D eigenvalue weighted by molar-refractivity contribution is 5.72. The first-order valence-electron chi connectivity index (χ1n) is 4.00. The number of carboxylic acids is 1. The van der Waals surface area contributed by atoms with Gasteiger partial charge >= 0.3 is 5.97 Å². The van der Waals surface area contributed by atoms with Gasteiger partial charge in [0.1, 0.15) is 0 Å². The topological polar surface area (TPSA) is 57.5 Å². The zero-order valence-electron chi connectivity index (χ0n) is 7.08. The quantitative estimate of drug-likeness (QED) is 0.636. The lowest BCUT2D eigenvalue weighted by molar-refractivity contribution is -0.149. The van der Waals surface area contributed by atoms with Crippen molar-refractivity contribution in [2.45, 2.75) is 39.2 Å². The number of rotatable bonds is 5. The van der Waals surface area contributed by atoms with E-state index in [1.165, 1.54) is 0 Å². The first-order chi connectivity index (χ1) is 5.09. The number of carboxylic acid groups (broad SMARTS) is 1. The van der Waals surface area contributed by atoms with E-state index in [0.29, 0.717) is 0 Å². The molecule has 66 valence electrons. The van der Waals surface area contributed by atoms with Crippen LogP contribution < -0.4 is 0 Å². The van der Waals surface area contributed by atoms with Crippen molar-refractivity contribution >= 4 is 5.97 Å². The van der Waals surface area contributed by atoms with E-state index in [1.807, 2.05) is 6.92 Å². The van der Waals surface area contributed by atoms with Crippen molar-refractivity contribution in [3.05, 3.63) is 0 Å². The lowest BCUT2D eigenvalue weighted by Crippen LogP contribution is -2.27. The van der Waals surface area contributed by atoms with E-state index >= 15 is 0 Å². The van der Waals surface area contributed by atoms with Gasteiger partial charge < -0.3 is 10.2 Å². The Balaban J connectivity index is 3.63. The monoisotopic (exact) mass is 160 g/mol. The molecular formula is C8H16O3. The molecule has 3 nitrogen and oxygen atoms in total. The van der Waals surface area contributed by atoms with Crippen molar-refractivity contribution in [2.75, 3.05) is 0 Å². The normalized spacial score (nSPS) is 15.9. The van der Waals surface area contributed by atoms with Gasteiger partial charge in [0, 0.05) is 0 Å². The average Bonchev–Trinajstić information content (AvgIpc) is 1.98. The molecule has 2 atom stereocenters. The molecule has 0 saturated heterocycles. The molecule has 0 unspecified atom stereocenters. The van der Waals surface area contributed by atoms with E-state index in [2.05, 4.69) is 0 Å². The number of carbonyl (C=O) groups is 1. The highest BCUT2D eigenvalue weighted by atomic mass is 16.4. The predicted molar refractivity (Wildman–Crippen MR) is 42.3 cm³/mol. The summed E-state index contributed by atoms with van der Waals surface area (Å²) in [6.45, 7) is 3.80. The van der Waals surface area contributed by atoms with Gasteiger partial charge in [0.15, 0.2) is 6.10 Å². The van der Waals surface area contributed by atoms with Gasteiger partial charge in [0.05, 0.1) is 0 Å². The summed E-state index contributed by atoms with van der Waals surface area (Å²) in [6.07, 6.45) is 1.60. The Labute approximate surface area is 67.0 Å². The number of hydrogen-bond acceptors (Lipinski definition) is 2. The van der Waals surface area contributed by atoms with Crippen LogP contribution in [0.5, 0.6) is 0 Å². The molecule has 0 bridgehead atoms. The second-order valence-electron chi connectivity index (χ2n) is 2.90. The third kappa shape index (κ3) is 3.98. The zero-order valence-corrected chi connectivity index (χ0v) is 7.08. The van der Waals surface area contributed by atoms with Crippen LogP contribution in [0.3, 0.4) is 0 Å². The molecule has 0 aliphatic rings. The van der Waals surface area contributed by atoms with Crippen LogP contribution in [-0.2, 0) is 4.79 Å². The minimum Gasteiger partial charge on any atom is -0.479 e. The summed E-state index contributed by atoms with van der Waals surface area (Å²) in [5, 5.41) is 17.4. The number of aliphatic carboxylic acids is 1. The number of hydrogen-bond donors (Lipinski definition) is 2. The molecule has 0 aliphatic heterocycles. The maximum absolute atomic E-state index is 10.3. The highest BCUT2D eigenvalue weighted by Crippen LogP contribution is 2.11.